The van der Waals surface area contributed by atoms with Gasteiger partial charge in [-0.15, -0.1) is 0 Å². The lowest BCUT2D eigenvalue weighted by Crippen LogP contribution is -2.25. The Hall–Kier alpha value is -0.180. The normalized spacial score (nSPS) is 17.5. The first-order valence-electron chi connectivity index (χ1n) is 5.52. The fraction of sp³-hybridized carbons (Fsp3) is 0.900. The summed E-state index contributed by atoms with van der Waals surface area (Å²) in [6, 6.07) is 0. The van der Waals surface area contributed by atoms with Gasteiger partial charge in [0, 0.05) is 5.92 Å². The van der Waals surface area contributed by atoms with E-state index in [2.05, 4.69) is 0 Å². The molecule has 0 aromatic heterocycles. The van der Waals surface area contributed by atoms with Gasteiger partial charge in [0.2, 0.25) is 0 Å². The molecule has 15 heavy (non-hydrogen) atoms. The smallest absolute Gasteiger partial charge is 0.309 e. The van der Waals surface area contributed by atoms with Gasteiger partial charge in [0.15, 0.2) is 0 Å². The van der Waals surface area contributed by atoms with Crippen LogP contribution in [-0.2, 0) is 18.4 Å². The molecule has 0 aromatic rings. The van der Waals surface area contributed by atoms with Gasteiger partial charge >= 0.3 is 7.60 Å². The first kappa shape index (κ1) is 12.9. The maximum atomic E-state index is 12.0. The predicted octanol–water partition coefficient (Wildman–Crippen LogP) is 2.62. The topological polar surface area (TPSA) is 52.6 Å². The average molecular weight is 234 g/mol. The largest absolute Gasteiger partial charge is 0.338 e. The molecule has 4 nitrogen and oxygen atoms in total. The number of carbonyl (C=O) groups is 1. The van der Waals surface area contributed by atoms with E-state index < -0.39 is 7.60 Å². The molecule has 0 atom stereocenters. The molecule has 0 bridgehead atoms. The van der Waals surface area contributed by atoms with Gasteiger partial charge in [-0.1, -0.05) is 6.42 Å². The van der Waals surface area contributed by atoms with E-state index in [1.165, 1.54) is 0 Å². The van der Waals surface area contributed by atoms with Crippen LogP contribution in [0.4, 0.5) is 0 Å². The van der Waals surface area contributed by atoms with Gasteiger partial charge in [0.1, 0.15) is 11.9 Å². The minimum Gasteiger partial charge on any atom is -0.309 e. The molecule has 1 fully saturated rings. The summed E-state index contributed by atoms with van der Waals surface area (Å²) in [6.45, 7) is 4.13. The Morgan fingerprint density at radius 3 is 2.13 bits per heavy atom. The Labute approximate surface area is 90.9 Å². The maximum absolute atomic E-state index is 12.0. The second kappa shape index (κ2) is 5.78. The highest BCUT2D eigenvalue weighted by molar-refractivity contribution is 7.54. The molecule has 0 aliphatic heterocycles. The highest BCUT2D eigenvalue weighted by Crippen LogP contribution is 2.49. The number of rotatable bonds is 7. The molecule has 0 aromatic carbocycles. The summed E-state index contributed by atoms with van der Waals surface area (Å²) < 4.78 is 22.1. The number of hydrogen-bond acceptors (Lipinski definition) is 4. The number of hydrogen-bond donors (Lipinski definition) is 0. The first-order chi connectivity index (χ1) is 7.11. The molecule has 0 amide bonds. The van der Waals surface area contributed by atoms with E-state index in [1.807, 2.05) is 0 Å². The van der Waals surface area contributed by atoms with Gasteiger partial charge in [0.25, 0.3) is 0 Å². The van der Waals surface area contributed by atoms with Crippen LogP contribution in [0, 0.1) is 5.92 Å². The van der Waals surface area contributed by atoms with Gasteiger partial charge in [-0.25, -0.2) is 0 Å². The van der Waals surface area contributed by atoms with Crippen molar-refractivity contribution in [3.05, 3.63) is 0 Å². The number of ketones is 1. The Balaban J connectivity index is 2.49. The van der Waals surface area contributed by atoms with Crippen LogP contribution in [0.1, 0.15) is 33.1 Å². The first-order valence-corrected chi connectivity index (χ1v) is 7.25. The van der Waals surface area contributed by atoms with Crippen LogP contribution in [0.25, 0.3) is 0 Å². The van der Waals surface area contributed by atoms with Gasteiger partial charge in [-0.05, 0) is 26.7 Å². The van der Waals surface area contributed by atoms with Gasteiger partial charge < -0.3 is 9.05 Å². The van der Waals surface area contributed by atoms with Crippen LogP contribution >= 0.6 is 7.60 Å². The van der Waals surface area contributed by atoms with Crippen molar-refractivity contribution in [2.75, 3.05) is 19.4 Å². The Morgan fingerprint density at radius 2 is 1.80 bits per heavy atom. The lowest BCUT2D eigenvalue weighted by Gasteiger charge is -2.25. The second-order valence-corrected chi connectivity index (χ2v) is 5.75. The highest BCUT2D eigenvalue weighted by Gasteiger charge is 2.33. The van der Waals surface area contributed by atoms with Crippen molar-refractivity contribution < 1.29 is 18.4 Å². The molecule has 88 valence electrons. The summed E-state index contributed by atoms with van der Waals surface area (Å²) in [7, 11) is -3.16. The van der Waals surface area contributed by atoms with Gasteiger partial charge in [-0.2, -0.15) is 0 Å². The summed E-state index contributed by atoms with van der Waals surface area (Å²) in [5, 5.41) is 0. The van der Waals surface area contributed by atoms with Crippen LogP contribution in [0.3, 0.4) is 0 Å². The van der Waals surface area contributed by atoms with Crippen molar-refractivity contribution >= 4 is 13.4 Å². The second-order valence-electron chi connectivity index (χ2n) is 3.70. The zero-order chi connectivity index (χ0) is 11.3. The Morgan fingerprint density at radius 1 is 1.27 bits per heavy atom. The third kappa shape index (κ3) is 3.71. The van der Waals surface area contributed by atoms with Crippen molar-refractivity contribution in [3.63, 3.8) is 0 Å². The van der Waals surface area contributed by atoms with Crippen molar-refractivity contribution in [2.45, 2.75) is 33.1 Å². The van der Waals surface area contributed by atoms with Crippen LogP contribution in [0.5, 0.6) is 0 Å². The molecule has 0 saturated heterocycles. The summed E-state index contributed by atoms with van der Waals surface area (Å²) in [6.07, 6.45) is 2.90. The fourth-order valence-corrected chi connectivity index (χ4v) is 3.26. The minimum atomic E-state index is -3.16. The lowest BCUT2D eigenvalue weighted by atomic mass is 9.83. The Kier molecular flexibility index (Phi) is 4.97. The van der Waals surface area contributed by atoms with E-state index in [-0.39, 0.29) is 17.9 Å². The quantitative estimate of drug-likeness (QED) is 0.635. The molecule has 0 N–H and O–H groups in total. The third-order valence-corrected chi connectivity index (χ3v) is 4.56. The molecule has 5 heteroatoms. The third-order valence-electron chi connectivity index (χ3n) is 2.56. The molecular weight excluding hydrogens is 215 g/mol. The van der Waals surface area contributed by atoms with Crippen molar-refractivity contribution in [1.29, 1.82) is 0 Å². The number of carbonyl (C=O) groups excluding carboxylic acids is 1. The summed E-state index contributed by atoms with van der Waals surface area (Å²) in [5.41, 5.74) is 0. The zero-order valence-electron chi connectivity index (χ0n) is 9.40. The van der Waals surface area contributed by atoms with Crippen molar-refractivity contribution in [1.82, 2.24) is 0 Å². The SMILES string of the molecule is CCOP(=O)(CC(=O)C1CCC1)OCC. The minimum absolute atomic E-state index is 0.0338. The van der Waals surface area contributed by atoms with E-state index in [4.69, 9.17) is 9.05 Å². The monoisotopic (exact) mass is 234 g/mol. The fourth-order valence-electron chi connectivity index (χ4n) is 1.57. The highest BCUT2D eigenvalue weighted by atomic mass is 31.2. The van der Waals surface area contributed by atoms with Crippen LogP contribution in [-0.4, -0.2) is 25.2 Å². The molecule has 0 spiro atoms. The molecule has 1 saturated carbocycles. The molecule has 1 aliphatic rings. The van der Waals surface area contributed by atoms with Crippen molar-refractivity contribution in [3.8, 4) is 0 Å². The summed E-state index contributed by atoms with van der Waals surface area (Å²) >= 11 is 0. The van der Waals surface area contributed by atoms with Crippen LogP contribution in [0.15, 0.2) is 0 Å². The van der Waals surface area contributed by atoms with Gasteiger partial charge in [0.05, 0.1) is 13.2 Å². The molecular formula is C10H19O4P. The maximum Gasteiger partial charge on any atom is 0.338 e. The summed E-state index contributed by atoms with van der Waals surface area (Å²) in [4.78, 5) is 11.7. The van der Waals surface area contributed by atoms with Crippen molar-refractivity contribution in [2.24, 2.45) is 5.92 Å². The van der Waals surface area contributed by atoms with E-state index in [0.29, 0.717) is 13.2 Å². The molecule has 0 unspecified atom stereocenters. The Bertz CT molecular complexity index is 250. The van der Waals surface area contributed by atoms with E-state index >= 15 is 0 Å². The van der Waals surface area contributed by atoms with Gasteiger partial charge in [-0.3, -0.25) is 9.36 Å². The molecule has 0 radical (unpaired) electrons. The molecule has 1 aliphatic carbocycles. The standard InChI is InChI=1S/C10H19O4P/c1-3-13-15(12,14-4-2)8-10(11)9-6-5-7-9/h9H,3-8H2,1-2H3. The lowest BCUT2D eigenvalue weighted by molar-refractivity contribution is -0.122. The van der Waals surface area contributed by atoms with Crippen LogP contribution in [0.2, 0.25) is 0 Å². The number of Topliss-reactive ketones (excluding diaryl/α,β-unsaturated/α-hetero) is 1. The summed E-state index contributed by atoms with van der Waals surface area (Å²) in [5.74, 6) is 0.130. The molecule has 0 heterocycles. The van der Waals surface area contributed by atoms with E-state index in [1.54, 1.807) is 13.8 Å². The predicted molar refractivity (Wildman–Crippen MR) is 58.1 cm³/mol. The molecule has 1 rings (SSSR count). The zero-order valence-corrected chi connectivity index (χ0v) is 10.3. The van der Waals surface area contributed by atoms with E-state index in [9.17, 15) is 9.36 Å². The van der Waals surface area contributed by atoms with Crippen LogP contribution < -0.4 is 0 Å². The average Bonchev–Trinajstić information content (AvgIpc) is 1.99. The van der Waals surface area contributed by atoms with E-state index in [0.717, 1.165) is 19.3 Å².